The number of hydrogen-bond acceptors (Lipinski definition) is 1. The van der Waals surface area contributed by atoms with E-state index in [0.29, 0.717) is 9.93 Å². The van der Waals surface area contributed by atoms with Crippen molar-refractivity contribution in [1.29, 1.82) is 0 Å². The fourth-order valence-corrected chi connectivity index (χ4v) is 5.81. The Morgan fingerprint density at radius 3 is 2.75 bits per heavy atom. The monoisotopic (exact) mass is 197 g/mol. The predicted octanol–water partition coefficient (Wildman–Crippen LogP) is 2.86. The molecule has 1 atom stereocenters. The van der Waals surface area contributed by atoms with Crippen molar-refractivity contribution in [2.75, 3.05) is 11.5 Å². The third-order valence-electron chi connectivity index (χ3n) is 1.94. The Morgan fingerprint density at radius 2 is 2.08 bits per heavy atom. The fourth-order valence-electron chi connectivity index (χ4n) is 1.33. The summed E-state index contributed by atoms with van der Waals surface area (Å²) in [4.78, 5) is 0. The lowest BCUT2D eigenvalue weighted by Crippen LogP contribution is -1.98. The average molecular weight is 197 g/mol. The van der Waals surface area contributed by atoms with Gasteiger partial charge < -0.3 is 0 Å². The smallest absolute Gasteiger partial charge is 0.0622 e. The van der Waals surface area contributed by atoms with Crippen LogP contribution < -0.4 is 0 Å². The van der Waals surface area contributed by atoms with Crippen molar-refractivity contribution >= 4 is 20.7 Å². The van der Waals surface area contributed by atoms with Crippen LogP contribution in [-0.4, -0.2) is 11.5 Å². The lowest BCUT2D eigenvalue weighted by Gasteiger charge is -1.97. The minimum Gasteiger partial charge on any atom is -0.0622 e. The van der Waals surface area contributed by atoms with Crippen LogP contribution in [-0.2, 0) is 15.7 Å². The maximum Gasteiger partial charge on any atom is 0.145 e. The highest BCUT2D eigenvalue weighted by molar-refractivity contribution is 8.74. The zero-order valence-electron chi connectivity index (χ0n) is 7.03. The molecule has 1 unspecified atom stereocenters. The second-order valence-electron chi connectivity index (χ2n) is 2.95. The van der Waals surface area contributed by atoms with Gasteiger partial charge in [-0.15, -0.1) is 0 Å². The van der Waals surface area contributed by atoms with E-state index in [1.807, 2.05) is 0 Å². The van der Waals surface area contributed by atoms with Crippen molar-refractivity contribution < 1.29 is 0 Å². The first-order chi connectivity index (χ1) is 5.95. The van der Waals surface area contributed by atoms with Crippen LogP contribution in [0.2, 0.25) is 0 Å². The second-order valence-corrected chi connectivity index (χ2v) is 7.29. The van der Waals surface area contributed by atoms with E-state index >= 15 is 0 Å². The van der Waals surface area contributed by atoms with Crippen LogP contribution in [0.4, 0.5) is 0 Å². The van der Waals surface area contributed by atoms with Gasteiger partial charge in [-0.25, -0.2) is 0 Å². The van der Waals surface area contributed by atoms with Crippen molar-refractivity contribution in [1.82, 2.24) is 0 Å². The summed E-state index contributed by atoms with van der Waals surface area (Å²) in [5, 5.41) is 0. The van der Waals surface area contributed by atoms with Gasteiger partial charge in [0.05, 0.1) is 20.7 Å². The van der Waals surface area contributed by atoms with E-state index < -0.39 is 0 Å². The van der Waals surface area contributed by atoms with E-state index in [0.717, 1.165) is 0 Å². The molecule has 0 spiro atoms. The van der Waals surface area contributed by atoms with E-state index in [4.69, 9.17) is 0 Å². The first-order valence-electron chi connectivity index (χ1n) is 4.30. The van der Waals surface area contributed by atoms with Crippen LogP contribution in [0.3, 0.4) is 0 Å². The highest BCUT2D eigenvalue weighted by Gasteiger charge is 2.26. The Hall–Kier alpha value is -0.0800. The summed E-state index contributed by atoms with van der Waals surface area (Å²) in [6.45, 7) is 0. The molecule has 1 aromatic rings. The summed E-state index contributed by atoms with van der Waals surface area (Å²) in [6, 6.07) is 10.9. The van der Waals surface area contributed by atoms with Crippen LogP contribution in [0, 0.1) is 0 Å². The summed E-state index contributed by atoms with van der Waals surface area (Å²) >= 11 is 0. The third-order valence-corrected chi connectivity index (χ3v) is 6.48. The molecule has 64 valence electrons. The highest BCUT2D eigenvalue weighted by atomic mass is 33.1. The molecule has 0 saturated carbocycles. The van der Waals surface area contributed by atoms with Gasteiger partial charge >= 0.3 is 0 Å². The van der Waals surface area contributed by atoms with E-state index in [2.05, 4.69) is 41.1 Å². The Labute approximate surface area is 80.5 Å². The lowest BCUT2D eigenvalue weighted by molar-refractivity contribution is 1.14. The largest absolute Gasteiger partial charge is 0.145 e. The SMILES string of the molecule is c1ccc(C[S+]2CCCS2)cc1. The quantitative estimate of drug-likeness (QED) is 0.519. The predicted molar refractivity (Wildman–Crippen MR) is 59.5 cm³/mol. The van der Waals surface area contributed by atoms with Crippen molar-refractivity contribution in [3.8, 4) is 0 Å². The van der Waals surface area contributed by atoms with Gasteiger partial charge in [0.15, 0.2) is 0 Å². The van der Waals surface area contributed by atoms with Gasteiger partial charge in [0, 0.05) is 17.7 Å². The summed E-state index contributed by atoms with van der Waals surface area (Å²) in [5.41, 5.74) is 1.51. The Balaban J connectivity index is 1.94. The van der Waals surface area contributed by atoms with Crippen LogP contribution >= 0.6 is 10.8 Å². The average Bonchev–Trinajstić information content (AvgIpc) is 2.59. The fraction of sp³-hybridized carbons (Fsp3) is 0.400. The minimum absolute atomic E-state index is 0.638. The standard InChI is InChI=1S/C10H13S2/c1-2-5-10(6-3-1)9-12-8-4-7-11-12/h1-3,5-6H,4,7-9H2/q+1. The van der Waals surface area contributed by atoms with E-state index in [1.165, 1.54) is 29.2 Å². The molecule has 0 bridgehead atoms. The third kappa shape index (κ3) is 2.20. The van der Waals surface area contributed by atoms with Gasteiger partial charge in [-0.2, -0.15) is 0 Å². The zero-order valence-corrected chi connectivity index (χ0v) is 8.66. The molecule has 0 nitrogen and oxygen atoms in total. The molecule has 0 aliphatic carbocycles. The van der Waals surface area contributed by atoms with Crippen LogP contribution in [0.5, 0.6) is 0 Å². The molecule has 1 aromatic carbocycles. The summed E-state index contributed by atoms with van der Waals surface area (Å²) in [7, 11) is 2.80. The normalized spacial score (nSPS) is 22.8. The Bertz CT molecular complexity index is 227. The van der Waals surface area contributed by atoms with Gasteiger partial charge in [0.25, 0.3) is 0 Å². The zero-order chi connectivity index (χ0) is 8.23. The van der Waals surface area contributed by atoms with Crippen molar-refractivity contribution in [2.24, 2.45) is 0 Å². The van der Waals surface area contributed by atoms with Gasteiger partial charge in [-0.1, -0.05) is 30.3 Å². The number of benzene rings is 1. The Kier molecular flexibility index (Phi) is 3.01. The van der Waals surface area contributed by atoms with Crippen molar-refractivity contribution in [2.45, 2.75) is 12.2 Å². The highest BCUT2D eigenvalue weighted by Crippen LogP contribution is 2.29. The maximum atomic E-state index is 2.24. The topological polar surface area (TPSA) is 0 Å². The van der Waals surface area contributed by atoms with Crippen LogP contribution in [0.1, 0.15) is 12.0 Å². The number of rotatable bonds is 2. The minimum atomic E-state index is 0.638. The molecule has 1 saturated heterocycles. The van der Waals surface area contributed by atoms with E-state index in [-0.39, 0.29) is 0 Å². The molecule has 0 amide bonds. The molecule has 2 rings (SSSR count). The molecule has 1 aliphatic heterocycles. The van der Waals surface area contributed by atoms with Crippen LogP contribution in [0.25, 0.3) is 0 Å². The summed E-state index contributed by atoms with van der Waals surface area (Å²) in [6.07, 6.45) is 1.43. The van der Waals surface area contributed by atoms with E-state index in [1.54, 1.807) is 0 Å². The molecule has 0 aromatic heterocycles. The molecular formula is C10H13S2+. The second kappa shape index (κ2) is 4.24. The molecule has 1 fully saturated rings. The van der Waals surface area contributed by atoms with Gasteiger partial charge in [0.2, 0.25) is 0 Å². The van der Waals surface area contributed by atoms with Crippen LogP contribution in [0.15, 0.2) is 30.3 Å². The van der Waals surface area contributed by atoms with Gasteiger partial charge in [0.1, 0.15) is 11.5 Å². The number of hydrogen-bond donors (Lipinski definition) is 0. The Morgan fingerprint density at radius 1 is 1.25 bits per heavy atom. The molecule has 1 aliphatic rings. The van der Waals surface area contributed by atoms with Gasteiger partial charge in [-0.05, 0) is 0 Å². The summed E-state index contributed by atoms with van der Waals surface area (Å²) < 4.78 is 0. The maximum absolute atomic E-state index is 2.24. The molecular weight excluding hydrogens is 184 g/mol. The molecule has 2 heteroatoms. The van der Waals surface area contributed by atoms with Crippen molar-refractivity contribution in [3.05, 3.63) is 35.9 Å². The molecule has 0 radical (unpaired) electrons. The van der Waals surface area contributed by atoms with Crippen molar-refractivity contribution in [3.63, 3.8) is 0 Å². The molecule has 0 N–H and O–H groups in total. The van der Waals surface area contributed by atoms with E-state index in [9.17, 15) is 0 Å². The van der Waals surface area contributed by atoms with Gasteiger partial charge in [-0.3, -0.25) is 0 Å². The first-order valence-corrected chi connectivity index (χ1v) is 7.36. The molecule has 1 heterocycles. The molecule has 12 heavy (non-hydrogen) atoms. The lowest BCUT2D eigenvalue weighted by atomic mass is 10.2. The first kappa shape index (κ1) is 8.52. The summed E-state index contributed by atoms with van der Waals surface area (Å²) in [5.74, 6) is 4.13.